The predicted molar refractivity (Wildman–Crippen MR) is 79.2 cm³/mol. The van der Waals surface area contributed by atoms with Crippen molar-refractivity contribution in [2.45, 2.75) is 65.5 Å². The summed E-state index contributed by atoms with van der Waals surface area (Å²) in [5.41, 5.74) is 3.37. The number of hydrogen-bond acceptors (Lipinski definition) is 2. The lowest BCUT2D eigenvalue weighted by molar-refractivity contribution is 0.00496. The Morgan fingerprint density at radius 3 is 2.70 bits per heavy atom. The SMILES string of the molecule is Cc1cc2c(n1CC1(C)CCCO1)CC(C)(C)CC2=O. The van der Waals surface area contributed by atoms with Crippen molar-refractivity contribution in [3.05, 3.63) is 23.0 Å². The Balaban J connectivity index is 1.98. The van der Waals surface area contributed by atoms with E-state index in [1.54, 1.807) is 0 Å². The molecule has 1 aromatic heterocycles. The number of rotatable bonds is 2. The maximum absolute atomic E-state index is 12.3. The lowest BCUT2D eigenvalue weighted by Crippen LogP contribution is -2.33. The number of aryl methyl sites for hydroxylation is 1. The Bertz CT molecular complexity index is 548. The molecule has 0 bridgehead atoms. The van der Waals surface area contributed by atoms with Crippen LogP contribution >= 0.6 is 0 Å². The summed E-state index contributed by atoms with van der Waals surface area (Å²) in [6.45, 7) is 10.4. The summed E-state index contributed by atoms with van der Waals surface area (Å²) in [5, 5.41) is 0. The van der Waals surface area contributed by atoms with E-state index in [1.807, 2.05) is 0 Å². The van der Waals surface area contributed by atoms with Crippen molar-refractivity contribution >= 4 is 5.78 Å². The smallest absolute Gasteiger partial charge is 0.165 e. The van der Waals surface area contributed by atoms with Crippen molar-refractivity contribution in [1.29, 1.82) is 0 Å². The average molecular weight is 275 g/mol. The lowest BCUT2D eigenvalue weighted by Gasteiger charge is -2.32. The highest BCUT2D eigenvalue weighted by Crippen LogP contribution is 2.37. The maximum Gasteiger partial charge on any atom is 0.165 e. The van der Waals surface area contributed by atoms with Gasteiger partial charge in [0, 0.05) is 30.0 Å². The van der Waals surface area contributed by atoms with Crippen LogP contribution in [0.1, 0.15) is 61.8 Å². The van der Waals surface area contributed by atoms with E-state index in [0.29, 0.717) is 12.2 Å². The maximum atomic E-state index is 12.3. The highest BCUT2D eigenvalue weighted by Gasteiger charge is 2.36. The molecule has 1 aliphatic heterocycles. The number of fused-ring (bicyclic) bond motifs is 1. The van der Waals surface area contributed by atoms with Crippen LogP contribution < -0.4 is 0 Å². The average Bonchev–Trinajstić information content (AvgIpc) is 2.86. The third-order valence-corrected chi connectivity index (χ3v) is 4.79. The minimum atomic E-state index is -0.0673. The van der Waals surface area contributed by atoms with E-state index in [1.165, 1.54) is 11.4 Å². The third-order valence-electron chi connectivity index (χ3n) is 4.79. The van der Waals surface area contributed by atoms with E-state index in [-0.39, 0.29) is 11.0 Å². The fraction of sp³-hybridized carbons (Fsp3) is 0.706. The molecule has 110 valence electrons. The number of carbonyl (C=O) groups is 1. The van der Waals surface area contributed by atoms with Gasteiger partial charge in [-0.2, -0.15) is 0 Å². The molecule has 0 N–H and O–H groups in total. The second kappa shape index (κ2) is 4.45. The fourth-order valence-corrected chi connectivity index (χ4v) is 3.72. The Morgan fingerprint density at radius 1 is 1.30 bits per heavy atom. The largest absolute Gasteiger partial charge is 0.373 e. The molecule has 1 fully saturated rings. The van der Waals surface area contributed by atoms with Gasteiger partial charge in [-0.25, -0.2) is 0 Å². The summed E-state index contributed by atoms with van der Waals surface area (Å²) < 4.78 is 8.27. The minimum absolute atomic E-state index is 0.0673. The molecule has 2 heterocycles. The topological polar surface area (TPSA) is 31.2 Å². The number of carbonyl (C=O) groups excluding carboxylic acids is 1. The standard InChI is InChI=1S/C17H25NO2/c1-12-8-13-14(9-16(2,3)10-15(13)19)18(12)11-17(4)6-5-7-20-17/h8H,5-7,9-11H2,1-4H3. The summed E-state index contributed by atoms with van der Waals surface area (Å²) in [5.74, 6) is 0.301. The van der Waals surface area contributed by atoms with Crippen molar-refractivity contribution in [3.8, 4) is 0 Å². The van der Waals surface area contributed by atoms with Gasteiger partial charge in [-0.3, -0.25) is 4.79 Å². The Hall–Kier alpha value is -1.09. The van der Waals surface area contributed by atoms with E-state index < -0.39 is 0 Å². The molecule has 0 aromatic carbocycles. The second-order valence-electron chi connectivity index (χ2n) is 7.58. The summed E-state index contributed by atoms with van der Waals surface area (Å²) in [4.78, 5) is 12.3. The van der Waals surface area contributed by atoms with Crippen LogP contribution in [0.2, 0.25) is 0 Å². The first-order valence-electron chi connectivity index (χ1n) is 7.66. The zero-order valence-electron chi connectivity index (χ0n) is 13.1. The van der Waals surface area contributed by atoms with Crippen LogP contribution in [0.25, 0.3) is 0 Å². The zero-order chi connectivity index (χ0) is 14.5. The first-order chi connectivity index (χ1) is 9.30. The van der Waals surface area contributed by atoms with Gasteiger partial charge in [0.15, 0.2) is 5.78 Å². The van der Waals surface area contributed by atoms with Gasteiger partial charge in [-0.05, 0) is 44.6 Å². The van der Waals surface area contributed by atoms with Gasteiger partial charge in [-0.15, -0.1) is 0 Å². The molecule has 2 aliphatic rings. The molecule has 3 heteroatoms. The molecule has 1 saturated heterocycles. The Kier molecular flexibility index (Phi) is 3.09. The van der Waals surface area contributed by atoms with Gasteiger partial charge >= 0.3 is 0 Å². The van der Waals surface area contributed by atoms with Crippen molar-refractivity contribution in [3.63, 3.8) is 0 Å². The number of aromatic nitrogens is 1. The molecule has 3 rings (SSSR count). The normalized spacial score (nSPS) is 28.7. The number of Topliss-reactive ketones (excluding diaryl/α,β-unsaturated/α-hetero) is 1. The molecule has 0 radical (unpaired) electrons. The van der Waals surface area contributed by atoms with Crippen molar-refractivity contribution in [2.75, 3.05) is 6.61 Å². The van der Waals surface area contributed by atoms with Crippen LogP contribution in [0.4, 0.5) is 0 Å². The van der Waals surface area contributed by atoms with Crippen LogP contribution in [0.5, 0.6) is 0 Å². The number of hydrogen-bond donors (Lipinski definition) is 0. The molecular weight excluding hydrogens is 250 g/mol. The molecule has 0 spiro atoms. The highest BCUT2D eigenvalue weighted by molar-refractivity contribution is 5.99. The van der Waals surface area contributed by atoms with Gasteiger partial charge in [0.25, 0.3) is 0 Å². The van der Waals surface area contributed by atoms with Crippen LogP contribution in [0.3, 0.4) is 0 Å². The molecular formula is C17H25NO2. The van der Waals surface area contributed by atoms with E-state index >= 15 is 0 Å². The van der Waals surface area contributed by atoms with Gasteiger partial charge in [-0.1, -0.05) is 13.8 Å². The van der Waals surface area contributed by atoms with E-state index in [0.717, 1.165) is 38.0 Å². The van der Waals surface area contributed by atoms with Crippen LogP contribution in [0, 0.1) is 12.3 Å². The number of ether oxygens (including phenoxy) is 1. The van der Waals surface area contributed by atoms with Gasteiger partial charge in [0.2, 0.25) is 0 Å². The van der Waals surface area contributed by atoms with Crippen LogP contribution in [0.15, 0.2) is 6.07 Å². The summed E-state index contributed by atoms with van der Waals surface area (Å²) in [6.07, 6.45) is 3.90. The van der Waals surface area contributed by atoms with Gasteiger partial charge in [0.05, 0.1) is 12.1 Å². The molecule has 0 amide bonds. The monoisotopic (exact) mass is 275 g/mol. The Labute approximate surface area is 121 Å². The summed E-state index contributed by atoms with van der Waals surface area (Å²) in [6, 6.07) is 2.07. The zero-order valence-corrected chi connectivity index (χ0v) is 13.1. The second-order valence-corrected chi connectivity index (χ2v) is 7.58. The minimum Gasteiger partial charge on any atom is -0.373 e. The number of ketones is 1. The molecule has 1 aliphatic carbocycles. The highest BCUT2D eigenvalue weighted by atomic mass is 16.5. The third kappa shape index (κ3) is 2.32. The van der Waals surface area contributed by atoms with E-state index in [9.17, 15) is 4.79 Å². The summed E-state index contributed by atoms with van der Waals surface area (Å²) >= 11 is 0. The molecule has 1 unspecified atom stereocenters. The lowest BCUT2D eigenvalue weighted by atomic mass is 9.76. The van der Waals surface area contributed by atoms with E-state index in [4.69, 9.17) is 4.74 Å². The van der Waals surface area contributed by atoms with Crippen LogP contribution in [-0.4, -0.2) is 22.6 Å². The molecule has 1 aromatic rings. The van der Waals surface area contributed by atoms with Crippen molar-refractivity contribution < 1.29 is 9.53 Å². The van der Waals surface area contributed by atoms with Gasteiger partial charge in [0.1, 0.15) is 0 Å². The number of nitrogens with zero attached hydrogens (tertiary/aromatic N) is 1. The summed E-state index contributed by atoms with van der Waals surface area (Å²) in [7, 11) is 0. The van der Waals surface area contributed by atoms with Crippen molar-refractivity contribution in [2.24, 2.45) is 5.41 Å². The van der Waals surface area contributed by atoms with E-state index in [2.05, 4.69) is 38.3 Å². The predicted octanol–water partition coefficient (Wildman–Crippen LogP) is 3.52. The molecule has 1 atom stereocenters. The van der Waals surface area contributed by atoms with Gasteiger partial charge < -0.3 is 9.30 Å². The molecule has 3 nitrogen and oxygen atoms in total. The fourth-order valence-electron chi connectivity index (χ4n) is 3.72. The van der Waals surface area contributed by atoms with Crippen LogP contribution in [-0.2, 0) is 17.7 Å². The quantitative estimate of drug-likeness (QED) is 0.827. The first kappa shape index (κ1) is 13.9. The molecule has 0 saturated carbocycles. The Morgan fingerprint density at radius 2 is 2.05 bits per heavy atom. The first-order valence-corrected chi connectivity index (χ1v) is 7.66. The molecule has 20 heavy (non-hydrogen) atoms. The van der Waals surface area contributed by atoms with Crippen molar-refractivity contribution in [1.82, 2.24) is 4.57 Å².